The van der Waals surface area contributed by atoms with Crippen LogP contribution in [0.2, 0.25) is 0 Å². The van der Waals surface area contributed by atoms with Gasteiger partial charge in [-0.1, -0.05) is 42.9 Å². The Labute approximate surface area is 180 Å². The molecule has 7 heteroatoms. The Morgan fingerprint density at radius 2 is 2.03 bits per heavy atom. The standard InChI is InChI=1S/C23H29N2O4S/c1-16-12-17(7-10-21(16)25-30(27)28-4)14-24-22(26)15-29-19-8-9-20-18(13-19)6-5-11-23(20,2)3/h7-10,12-13H,5-6,11,14-15H2,1-4H3,(H,24,26)/q-1. The highest BCUT2D eigenvalue weighted by Crippen LogP contribution is 2.38. The molecule has 0 saturated heterocycles. The highest BCUT2D eigenvalue weighted by molar-refractivity contribution is 7.69. The third-order valence-electron chi connectivity index (χ3n) is 5.49. The molecule has 3 rings (SSSR count). The quantitative estimate of drug-likeness (QED) is 0.650. The van der Waals surface area contributed by atoms with Crippen molar-refractivity contribution >= 4 is 22.5 Å². The van der Waals surface area contributed by atoms with Crippen LogP contribution in [-0.2, 0) is 42.4 Å². The number of ether oxygens (including phenoxy) is 1. The number of carbonyl (C=O) groups is 1. The fourth-order valence-corrected chi connectivity index (χ4v) is 4.27. The van der Waals surface area contributed by atoms with E-state index in [1.165, 1.54) is 31.1 Å². The smallest absolute Gasteiger partial charge is 0.258 e. The molecule has 1 aliphatic rings. The molecule has 0 fully saturated rings. The maximum atomic E-state index is 12.2. The summed E-state index contributed by atoms with van der Waals surface area (Å²) in [5, 5.41) is 2.86. The van der Waals surface area contributed by atoms with E-state index in [1.54, 1.807) is 6.07 Å². The molecule has 0 radical (unpaired) electrons. The summed E-state index contributed by atoms with van der Waals surface area (Å²) in [5.41, 5.74) is 5.29. The van der Waals surface area contributed by atoms with Gasteiger partial charge in [-0.2, -0.15) is 0 Å². The summed E-state index contributed by atoms with van der Waals surface area (Å²) in [5.74, 6) is 0.550. The van der Waals surface area contributed by atoms with E-state index in [1.807, 2.05) is 25.1 Å². The van der Waals surface area contributed by atoms with Crippen LogP contribution in [0.25, 0.3) is 0 Å². The van der Waals surface area contributed by atoms with Gasteiger partial charge in [0, 0.05) is 19.3 Å². The van der Waals surface area contributed by atoms with Gasteiger partial charge in [-0.05, 0) is 72.1 Å². The second-order valence-electron chi connectivity index (χ2n) is 8.22. The van der Waals surface area contributed by atoms with Crippen molar-refractivity contribution in [2.75, 3.05) is 13.7 Å². The molecule has 1 N–H and O–H groups in total. The van der Waals surface area contributed by atoms with E-state index in [0.717, 1.165) is 23.3 Å². The van der Waals surface area contributed by atoms with Crippen LogP contribution in [0.4, 0.5) is 5.69 Å². The van der Waals surface area contributed by atoms with E-state index in [4.69, 9.17) is 4.74 Å². The van der Waals surface area contributed by atoms with E-state index in [0.29, 0.717) is 12.2 Å². The molecule has 2 aromatic rings. The Bertz CT molecular complexity index is 1010. The predicted molar refractivity (Wildman–Crippen MR) is 118 cm³/mol. The average Bonchev–Trinajstić information content (AvgIpc) is 2.72. The third-order valence-corrected chi connectivity index (χ3v) is 6.12. The van der Waals surface area contributed by atoms with E-state index in [2.05, 4.69) is 39.8 Å². The maximum Gasteiger partial charge on any atom is 0.258 e. The minimum atomic E-state index is -1.69. The van der Waals surface area contributed by atoms with Gasteiger partial charge < -0.3 is 22.8 Å². The fraction of sp³-hybridized carbons (Fsp3) is 0.435. The summed E-state index contributed by atoms with van der Waals surface area (Å²) in [6, 6.07) is 11.7. The number of amides is 1. The first-order chi connectivity index (χ1) is 14.3. The summed E-state index contributed by atoms with van der Waals surface area (Å²) >= 11 is 0. The number of hydrogen-bond donors (Lipinski definition) is 1. The van der Waals surface area contributed by atoms with Crippen LogP contribution in [0.1, 0.15) is 48.9 Å². The Hall–Kier alpha value is -2.38. The summed E-state index contributed by atoms with van der Waals surface area (Å²) in [4.78, 5) is 12.2. The van der Waals surface area contributed by atoms with Crippen molar-refractivity contribution in [3.63, 3.8) is 0 Å². The predicted octanol–water partition coefficient (Wildman–Crippen LogP) is 4.64. The van der Waals surface area contributed by atoms with Gasteiger partial charge in [0.05, 0.1) is 0 Å². The van der Waals surface area contributed by atoms with Crippen molar-refractivity contribution in [1.82, 2.24) is 5.32 Å². The van der Waals surface area contributed by atoms with E-state index in [-0.39, 0.29) is 17.9 Å². The summed E-state index contributed by atoms with van der Waals surface area (Å²) in [6.45, 7) is 6.78. The molecule has 30 heavy (non-hydrogen) atoms. The van der Waals surface area contributed by atoms with Crippen LogP contribution in [0.3, 0.4) is 0 Å². The van der Waals surface area contributed by atoms with Gasteiger partial charge in [-0.3, -0.25) is 4.79 Å². The van der Waals surface area contributed by atoms with Crippen LogP contribution in [0.15, 0.2) is 40.8 Å². The first kappa shape index (κ1) is 22.3. The van der Waals surface area contributed by atoms with E-state index >= 15 is 0 Å². The number of nitrogens with one attached hydrogen (secondary N) is 1. The molecule has 0 spiro atoms. The molecule has 1 aliphatic carbocycles. The monoisotopic (exact) mass is 429 g/mol. The normalized spacial score (nSPS) is 16.0. The lowest BCUT2D eigenvalue weighted by atomic mass is 9.73. The van der Waals surface area contributed by atoms with Gasteiger partial charge in [-0.15, -0.1) is 0 Å². The lowest BCUT2D eigenvalue weighted by Crippen LogP contribution is -2.28. The van der Waals surface area contributed by atoms with Gasteiger partial charge in [0.2, 0.25) is 0 Å². The highest BCUT2D eigenvalue weighted by atomic mass is 32.2. The first-order valence-electron chi connectivity index (χ1n) is 10.1. The van der Waals surface area contributed by atoms with Gasteiger partial charge in [0.25, 0.3) is 5.91 Å². The molecule has 0 aliphatic heterocycles. The Morgan fingerprint density at radius 3 is 2.77 bits per heavy atom. The lowest BCUT2D eigenvalue weighted by Gasteiger charge is -2.32. The maximum absolute atomic E-state index is 12.2. The number of rotatable bonds is 7. The van der Waals surface area contributed by atoms with Crippen molar-refractivity contribution in [2.45, 2.75) is 52.0 Å². The number of nitrogens with zero attached hydrogens (tertiary/aromatic N) is 1. The number of carbonyl (C=O) groups excluding carboxylic acids is 1. The van der Waals surface area contributed by atoms with Gasteiger partial charge in [0.1, 0.15) is 5.75 Å². The third kappa shape index (κ3) is 5.61. The second-order valence-corrected chi connectivity index (χ2v) is 9.17. The lowest BCUT2D eigenvalue weighted by molar-refractivity contribution is -0.123. The number of benzene rings is 2. The summed E-state index contributed by atoms with van der Waals surface area (Å²) in [6.07, 6.45) is 3.43. The zero-order valence-corrected chi connectivity index (χ0v) is 18.8. The molecule has 0 saturated carbocycles. The minimum Gasteiger partial charge on any atom is -0.484 e. The van der Waals surface area contributed by atoms with Gasteiger partial charge >= 0.3 is 0 Å². The Balaban J connectivity index is 1.53. The average molecular weight is 430 g/mol. The Kier molecular flexibility index (Phi) is 7.15. The van der Waals surface area contributed by atoms with Crippen LogP contribution >= 0.6 is 0 Å². The highest BCUT2D eigenvalue weighted by Gasteiger charge is 2.27. The Morgan fingerprint density at radius 1 is 1.23 bits per heavy atom. The molecule has 6 nitrogen and oxygen atoms in total. The molecule has 0 bridgehead atoms. The van der Waals surface area contributed by atoms with Crippen LogP contribution in [0, 0.1) is 6.92 Å². The topological polar surface area (TPSA) is 77.0 Å². The van der Waals surface area contributed by atoms with Crippen molar-refractivity contribution in [3.05, 3.63) is 58.7 Å². The van der Waals surface area contributed by atoms with Crippen molar-refractivity contribution < 1.29 is 17.9 Å². The first-order valence-corrected chi connectivity index (χ1v) is 11.1. The molecule has 0 heterocycles. The van der Waals surface area contributed by atoms with Gasteiger partial charge in [-0.25, -0.2) is 0 Å². The van der Waals surface area contributed by atoms with Gasteiger partial charge in [0.15, 0.2) is 6.61 Å². The van der Waals surface area contributed by atoms with Crippen LogP contribution < -0.4 is 10.1 Å². The van der Waals surface area contributed by atoms with E-state index in [9.17, 15) is 9.00 Å². The second kappa shape index (κ2) is 9.62. The van der Waals surface area contributed by atoms with Crippen LogP contribution in [-0.4, -0.2) is 19.6 Å². The zero-order valence-electron chi connectivity index (χ0n) is 18.0. The molecular weight excluding hydrogens is 400 g/mol. The number of hydrogen-bond acceptors (Lipinski definition) is 6. The van der Waals surface area contributed by atoms with E-state index < -0.39 is 10.9 Å². The summed E-state index contributed by atoms with van der Waals surface area (Å²) < 4.78 is 25.7. The SMILES string of the molecule is CO[S-](=O)=Nc1ccc(CNC(=O)COc2ccc3c(c2)CCCC3(C)C)cc1C. The number of aryl methyl sites for hydroxylation is 2. The van der Waals surface area contributed by atoms with Crippen molar-refractivity contribution in [1.29, 1.82) is 0 Å². The molecule has 2 aromatic carbocycles. The molecule has 0 aromatic heterocycles. The molecule has 162 valence electrons. The molecule has 0 unspecified atom stereocenters. The molecule has 1 amide bonds. The van der Waals surface area contributed by atoms with Crippen molar-refractivity contribution in [2.24, 2.45) is 4.36 Å². The largest absolute Gasteiger partial charge is 0.484 e. The summed E-state index contributed by atoms with van der Waals surface area (Å²) in [7, 11) is -0.355. The molecular formula is C23H29N2O4S-. The zero-order chi connectivity index (χ0) is 21.7. The fourth-order valence-electron chi connectivity index (χ4n) is 3.83. The van der Waals surface area contributed by atoms with Crippen molar-refractivity contribution in [3.8, 4) is 5.75 Å². The minimum absolute atomic E-state index is 0.0264. The molecule has 0 atom stereocenters. The number of fused-ring (bicyclic) bond motifs is 1. The van der Waals surface area contributed by atoms with Crippen LogP contribution in [0.5, 0.6) is 5.75 Å².